The average molecular weight is 330 g/mol. The lowest BCUT2D eigenvalue weighted by atomic mass is 10.2. The van der Waals surface area contributed by atoms with E-state index in [0.29, 0.717) is 11.5 Å². The third-order valence-electron chi connectivity index (χ3n) is 3.04. The molecule has 6 heteroatoms. The first kappa shape index (κ1) is 12.8. The quantitative estimate of drug-likeness (QED) is 0.734. The number of benzene rings is 2. The van der Waals surface area contributed by atoms with Crippen molar-refractivity contribution in [2.24, 2.45) is 0 Å². The van der Waals surface area contributed by atoms with Crippen molar-refractivity contribution in [1.29, 1.82) is 0 Å². The van der Waals surface area contributed by atoms with Gasteiger partial charge < -0.3 is 5.73 Å². The van der Waals surface area contributed by atoms with Crippen LogP contribution >= 0.6 is 15.9 Å². The third-order valence-corrected chi connectivity index (χ3v) is 3.89. The number of halogens is 1. The monoisotopic (exact) mass is 329 g/mol. The summed E-state index contributed by atoms with van der Waals surface area (Å²) >= 11 is 3.52. The van der Waals surface area contributed by atoms with Crippen LogP contribution in [0.2, 0.25) is 0 Å². The first-order chi connectivity index (χ1) is 9.65. The highest BCUT2D eigenvalue weighted by Crippen LogP contribution is 2.24. The van der Waals surface area contributed by atoms with Crippen molar-refractivity contribution < 1.29 is 0 Å². The van der Waals surface area contributed by atoms with E-state index in [9.17, 15) is 0 Å². The van der Waals surface area contributed by atoms with Gasteiger partial charge in [-0.15, -0.1) is 5.10 Å². The molecule has 1 aromatic heterocycles. The Bertz CT molecular complexity index is 749. The van der Waals surface area contributed by atoms with Gasteiger partial charge in [-0.3, -0.25) is 0 Å². The summed E-state index contributed by atoms with van der Waals surface area (Å²) in [7, 11) is 0. The average Bonchev–Trinajstić information content (AvgIpc) is 2.92. The van der Waals surface area contributed by atoms with Gasteiger partial charge in [-0.1, -0.05) is 22.0 Å². The fourth-order valence-electron chi connectivity index (χ4n) is 1.89. The Morgan fingerprint density at radius 2 is 1.85 bits per heavy atom. The van der Waals surface area contributed by atoms with Gasteiger partial charge in [0.05, 0.1) is 5.69 Å². The summed E-state index contributed by atoms with van der Waals surface area (Å²) in [6.45, 7) is 2.04. The van der Waals surface area contributed by atoms with Crippen LogP contribution in [0.4, 0.5) is 5.69 Å². The zero-order valence-electron chi connectivity index (χ0n) is 10.8. The van der Waals surface area contributed by atoms with Crippen LogP contribution in [0.15, 0.2) is 46.9 Å². The molecule has 5 nitrogen and oxygen atoms in total. The lowest BCUT2D eigenvalue weighted by Gasteiger charge is -2.06. The van der Waals surface area contributed by atoms with Gasteiger partial charge in [-0.05, 0) is 59.3 Å². The highest BCUT2D eigenvalue weighted by atomic mass is 79.9. The predicted octanol–water partition coefficient (Wildman–Crippen LogP) is 2.98. The number of nitrogens with zero attached hydrogens (tertiary/aromatic N) is 4. The molecule has 0 saturated heterocycles. The molecule has 3 aromatic rings. The number of hydrogen-bond acceptors (Lipinski definition) is 4. The molecular weight excluding hydrogens is 318 g/mol. The molecular formula is C14H12BrN5. The maximum Gasteiger partial charge on any atom is 0.187 e. The molecule has 0 aliphatic rings. The lowest BCUT2D eigenvalue weighted by Crippen LogP contribution is -2.00. The SMILES string of the molecule is Cc1ccc(-n2nnnc2-c2ccc(N)cc2)cc1Br. The van der Waals surface area contributed by atoms with E-state index in [2.05, 4.69) is 31.5 Å². The number of nitrogen functional groups attached to an aromatic ring is 1. The standard InChI is InChI=1S/C14H12BrN5/c1-9-2-7-12(8-13(9)15)20-14(17-18-19-20)10-3-5-11(16)6-4-10/h2-8H,16H2,1H3. The molecule has 0 bridgehead atoms. The highest BCUT2D eigenvalue weighted by Gasteiger charge is 2.11. The first-order valence-corrected chi connectivity index (χ1v) is 6.85. The van der Waals surface area contributed by atoms with Crippen LogP contribution in [0.1, 0.15) is 5.56 Å². The van der Waals surface area contributed by atoms with Crippen LogP contribution < -0.4 is 5.73 Å². The summed E-state index contributed by atoms with van der Waals surface area (Å²) in [5, 5.41) is 11.9. The van der Waals surface area contributed by atoms with E-state index in [1.165, 1.54) is 0 Å². The van der Waals surface area contributed by atoms with Crippen LogP contribution in [0.25, 0.3) is 17.1 Å². The number of aryl methyl sites for hydroxylation is 1. The summed E-state index contributed by atoms with van der Waals surface area (Å²) in [6, 6.07) is 13.5. The van der Waals surface area contributed by atoms with E-state index in [0.717, 1.165) is 21.3 Å². The molecule has 0 aliphatic carbocycles. The number of hydrogen-bond donors (Lipinski definition) is 1. The molecule has 1 heterocycles. The summed E-state index contributed by atoms with van der Waals surface area (Å²) < 4.78 is 2.73. The minimum absolute atomic E-state index is 0.681. The van der Waals surface area contributed by atoms with E-state index in [4.69, 9.17) is 5.73 Å². The molecule has 0 atom stereocenters. The zero-order valence-corrected chi connectivity index (χ0v) is 12.4. The summed E-state index contributed by atoms with van der Waals surface area (Å²) in [6.07, 6.45) is 0. The van der Waals surface area contributed by atoms with Crippen molar-refractivity contribution in [2.75, 3.05) is 5.73 Å². The van der Waals surface area contributed by atoms with Crippen LogP contribution in [0.3, 0.4) is 0 Å². The van der Waals surface area contributed by atoms with E-state index < -0.39 is 0 Å². The molecule has 0 radical (unpaired) electrons. The van der Waals surface area contributed by atoms with Gasteiger partial charge in [0.15, 0.2) is 5.82 Å². The summed E-state index contributed by atoms with van der Waals surface area (Å²) in [5.74, 6) is 0.681. The lowest BCUT2D eigenvalue weighted by molar-refractivity contribution is 0.790. The summed E-state index contributed by atoms with van der Waals surface area (Å²) in [4.78, 5) is 0. The molecule has 0 unspecified atom stereocenters. The van der Waals surface area contributed by atoms with Crippen molar-refractivity contribution >= 4 is 21.6 Å². The Balaban J connectivity index is 2.10. The van der Waals surface area contributed by atoms with E-state index >= 15 is 0 Å². The minimum atomic E-state index is 0.681. The van der Waals surface area contributed by atoms with Crippen molar-refractivity contribution in [1.82, 2.24) is 20.2 Å². The van der Waals surface area contributed by atoms with Crippen molar-refractivity contribution in [2.45, 2.75) is 6.92 Å². The van der Waals surface area contributed by atoms with Gasteiger partial charge >= 0.3 is 0 Å². The molecule has 0 saturated carbocycles. The molecule has 20 heavy (non-hydrogen) atoms. The molecule has 3 rings (SSSR count). The largest absolute Gasteiger partial charge is 0.399 e. The number of nitrogens with two attached hydrogens (primary N) is 1. The van der Waals surface area contributed by atoms with Gasteiger partial charge in [-0.25, -0.2) is 0 Å². The van der Waals surface area contributed by atoms with Gasteiger partial charge in [0.25, 0.3) is 0 Å². The highest BCUT2D eigenvalue weighted by molar-refractivity contribution is 9.10. The predicted molar refractivity (Wildman–Crippen MR) is 81.4 cm³/mol. The summed E-state index contributed by atoms with van der Waals surface area (Å²) in [5.41, 5.74) is 9.40. The van der Waals surface area contributed by atoms with Gasteiger partial charge in [0, 0.05) is 15.7 Å². The minimum Gasteiger partial charge on any atom is -0.399 e. The number of rotatable bonds is 2. The van der Waals surface area contributed by atoms with E-state index in [1.807, 2.05) is 49.4 Å². The van der Waals surface area contributed by atoms with Crippen LogP contribution in [0, 0.1) is 6.92 Å². The molecule has 2 N–H and O–H groups in total. The second-order valence-corrected chi connectivity index (χ2v) is 5.32. The topological polar surface area (TPSA) is 69.6 Å². The molecule has 0 fully saturated rings. The zero-order chi connectivity index (χ0) is 14.1. The van der Waals surface area contributed by atoms with Gasteiger partial charge in [-0.2, -0.15) is 4.68 Å². The Kier molecular flexibility index (Phi) is 3.23. The maximum absolute atomic E-state index is 5.70. The van der Waals surface area contributed by atoms with Crippen molar-refractivity contribution in [3.8, 4) is 17.1 Å². The first-order valence-electron chi connectivity index (χ1n) is 6.06. The normalized spacial score (nSPS) is 10.7. The Hall–Kier alpha value is -2.21. The van der Waals surface area contributed by atoms with Gasteiger partial charge in [0.1, 0.15) is 0 Å². The smallest absolute Gasteiger partial charge is 0.187 e. The fourth-order valence-corrected chi connectivity index (χ4v) is 2.25. The molecule has 0 aliphatic heterocycles. The molecule has 2 aromatic carbocycles. The molecule has 100 valence electrons. The number of tetrazole rings is 1. The second kappa shape index (κ2) is 5.05. The number of anilines is 1. The van der Waals surface area contributed by atoms with Crippen LogP contribution in [0.5, 0.6) is 0 Å². The maximum atomic E-state index is 5.70. The Morgan fingerprint density at radius 1 is 1.10 bits per heavy atom. The number of aromatic nitrogens is 4. The van der Waals surface area contributed by atoms with Crippen molar-refractivity contribution in [3.63, 3.8) is 0 Å². The van der Waals surface area contributed by atoms with Crippen molar-refractivity contribution in [3.05, 3.63) is 52.5 Å². The van der Waals surface area contributed by atoms with Crippen LogP contribution in [-0.2, 0) is 0 Å². The molecule has 0 amide bonds. The Labute approximate surface area is 124 Å². The second-order valence-electron chi connectivity index (χ2n) is 4.47. The molecule has 0 spiro atoms. The van der Waals surface area contributed by atoms with E-state index in [-0.39, 0.29) is 0 Å². The third kappa shape index (κ3) is 2.30. The van der Waals surface area contributed by atoms with Gasteiger partial charge in [0.2, 0.25) is 0 Å². The Morgan fingerprint density at radius 3 is 2.55 bits per heavy atom. The van der Waals surface area contributed by atoms with E-state index in [1.54, 1.807) is 4.68 Å². The fraction of sp³-hybridized carbons (Fsp3) is 0.0714. The van der Waals surface area contributed by atoms with Crippen LogP contribution in [-0.4, -0.2) is 20.2 Å².